The SMILES string of the molecule is CCC1(CC)C(=S)N(C)C(=S)N(C)C1=S. The molecular formula is C10H16N2S3. The summed E-state index contributed by atoms with van der Waals surface area (Å²) in [5.74, 6) is 0. The summed E-state index contributed by atoms with van der Waals surface area (Å²) in [6.07, 6.45) is 1.86. The van der Waals surface area contributed by atoms with Crippen LogP contribution in [-0.2, 0) is 0 Å². The smallest absolute Gasteiger partial charge is 0.180 e. The third-order valence-electron chi connectivity index (χ3n) is 3.21. The van der Waals surface area contributed by atoms with E-state index in [1.807, 2.05) is 23.9 Å². The standard InChI is InChI=1S/C10H16N2S3/c1-5-10(6-2)7(13)11(3)9(15)12(4)8(10)14/h5-6H2,1-4H3. The quantitative estimate of drug-likeness (QED) is 0.702. The van der Waals surface area contributed by atoms with Crippen molar-refractivity contribution >= 4 is 51.7 Å². The highest BCUT2D eigenvalue weighted by Gasteiger charge is 2.45. The second-order valence-electron chi connectivity index (χ2n) is 3.80. The van der Waals surface area contributed by atoms with Crippen LogP contribution in [-0.4, -0.2) is 39.0 Å². The van der Waals surface area contributed by atoms with E-state index >= 15 is 0 Å². The van der Waals surface area contributed by atoms with E-state index in [0.717, 1.165) is 22.8 Å². The van der Waals surface area contributed by atoms with Crippen molar-refractivity contribution in [2.75, 3.05) is 14.1 Å². The van der Waals surface area contributed by atoms with Gasteiger partial charge in [0.25, 0.3) is 0 Å². The monoisotopic (exact) mass is 260 g/mol. The zero-order chi connectivity index (χ0) is 11.8. The van der Waals surface area contributed by atoms with Crippen LogP contribution in [0.1, 0.15) is 26.7 Å². The van der Waals surface area contributed by atoms with E-state index in [1.165, 1.54) is 0 Å². The van der Waals surface area contributed by atoms with Crippen molar-refractivity contribution < 1.29 is 0 Å². The molecule has 1 aliphatic rings. The van der Waals surface area contributed by atoms with Crippen molar-refractivity contribution in [2.45, 2.75) is 26.7 Å². The van der Waals surface area contributed by atoms with Crippen LogP contribution in [0.3, 0.4) is 0 Å². The maximum atomic E-state index is 5.49. The number of hydrogen-bond donors (Lipinski definition) is 0. The molecule has 0 saturated carbocycles. The van der Waals surface area contributed by atoms with Crippen LogP contribution in [0.15, 0.2) is 0 Å². The number of thiocarbonyl (C=S) groups is 3. The van der Waals surface area contributed by atoms with Crippen LogP contribution < -0.4 is 0 Å². The summed E-state index contributed by atoms with van der Waals surface area (Å²) < 4.78 is 0. The van der Waals surface area contributed by atoms with Crippen LogP contribution in [0.2, 0.25) is 0 Å². The first-order valence-electron chi connectivity index (χ1n) is 5.02. The molecule has 1 aliphatic heterocycles. The van der Waals surface area contributed by atoms with Crippen LogP contribution in [0.5, 0.6) is 0 Å². The molecule has 0 bridgehead atoms. The fraction of sp³-hybridized carbons (Fsp3) is 0.700. The Labute approximate surface area is 108 Å². The maximum Gasteiger partial charge on any atom is 0.180 e. The fourth-order valence-corrected chi connectivity index (χ4v) is 3.29. The number of hydrogen-bond acceptors (Lipinski definition) is 3. The minimum Gasteiger partial charge on any atom is -0.315 e. The average molecular weight is 260 g/mol. The normalized spacial score (nSPS) is 21.2. The Morgan fingerprint density at radius 2 is 1.27 bits per heavy atom. The second-order valence-corrected chi connectivity index (χ2v) is 4.94. The molecule has 0 unspecified atom stereocenters. The molecule has 84 valence electrons. The molecule has 0 aromatic carbocycles. The Balaban J connectivity index is 3.23. The number of rotatable bonds is 2. The van der Waals surface area contributed by atoms with E-state index < -0.39 is 0 Å². The molecule has 1 rings (SSSR count). The molecule has 0 atom stereocenters. The number of nitrogens with zero attached hydrogens (tertiary/aromatic N) is 2. The van der Waals surface area contributed by atoms with Crippen molar-refractivity contribution in [3.05, 3.63) is 0 Å². The first-order valence-corrected chi connectivity index (χ1v) is 6.25. The first kappa shape index (κ1) is 12.9. The summed E-state index contributed by atoms with van der Waals surface area (Å²) in [4.78, 5) is 5.52. The molecule has 5 heteroatoms. The zero-order valence-electron chi connectivity index (χ0n) is 9.53. The van der Waals surface area contributed by atoms with Gasteiger partial charge in [0.05, 0.1) is 15.4 Å². The Hall–Kier alpha value is -0.130. The molecule has 0 radical (unpaired) electrons. The summed E-state index contributed by atoms with van der Waals surface area (Å²) in [7, 11) is 3.84. The van der Waals surface area contributed by atoms with E-state index in [-0.39, 0.29) is 5.41 Å². The Kier molecular flexibility index (Phi) is 3.79. The van der Waals surface area contributed by atoms with Crippen molar-refractivity contribution in [3.63, 3.8) is 0 Å². The third-order valence-corrected chi connectivity index (χ3v) is 5.09. The zero-order valence-corrected chi connectivity index (χ0v) is 12.0. The van der Waals surface area contributed by atoms with E-state index in [0.29, 0.717) is 5.11 Å². The summed E-state index contributed by atoms with van der Waals surface area (Å²) >= 11 is 16.3. The Morgan fingerprint density at radius 1 is 0.933 bits per heavy atom. The third kappa shape index (κ3) is 1.70. The fourth-order valence-electron chi connectivity index (χ4n) is 1.99. The van der Waals surface area contributed by atoms with Gasteiger partial charge in [0.2, 0.25) is 0 Å². The second kappa shape index (κ2) is 4.39. The van der Waals surface area contributed by atoms with Gasteiger partial charge in [-0.2, -0.15) is 0 Å². The van der Waals surface area contributed by atoms with Gasteiger partial charge in [-0.3, -0.25) is 0 Å². The summed E-state index contributed by atoms with van der Waals surface area (Å²) in [6.45, 7) is 4.25. The van der Waals surface area contributed by atoms with Crippen LogP contribution in [0.25, 0.3) is 0 Å². The molecule has 0 N–H and O–H groups in total. The highest BCUT2D eigenvalue weighted by atomic mass is 32.1. The van der Waals surface area contributed by atoms with E-state index in [9.17, 15) is 0 Å². The lowest BCUT2D eigenvalue weighted by atomic mass is 9.80. The maximum absolute atomic E-state index is 5.49. The van der Waals surface area contributed by atoms with Crippen molar-refractivity contribution in [1.82, 2.24) is 9.80 Å². The van der Waals surface area contributed by atoms with Crippen molar-refractivity contribution in [1.29, 1.82) is 0 Å². The molecule has 0 aromatic rings. The van der Waals surface area contributed by atoms with Gasteiger partial charge in [-0.1, -0.05) is 38.3 Å². The van der Waals surface area contributed by atoms with Crippen LogP contribution >= 0.6 is 36.7 Å². The van der Waals surface area contributed by atoms with Gasteiger partial charge in [-0.15, -0.1) is 0 Å². The molecule has 15 heavy (non-hydrogen) atoms. The Bertz CT molecular complexity index is 295. The molecule has 1 heterocycles. The summed E-state index contributed by atoms with van der Waals surface area (Å²) in [5, 5.41) is 0.697. The van der Waals surface area contributed by atoms with Gasteiger partial charge >= 0.3 is 0 Å². The largest absolute Gasteiger partial charge is 0.315 e. The van der Waals surface area contributed by atoms with E-state index in [4.69, 9.17) is 36.7 Å². The predicted molar refractivity (Wildman–Crippen MR) is 76.3 cm³/mol. The molecule has 0 amide bonds. The average Bonchev–Trinajstić information content (AvgIpc) is 2.26. The van der Waals surface area contributed by atoms with Crippen molar-refractivity contribution in [2.24, 2.45) is 5.41 Å². The van der Waals surface area contributed by atoms with Gasteiger partial charge in [0.15, 0.2) is 5.11 Å². The van der Waals surface area contributed by atoms with E-state index in [2.05, 4.69) is 13.8 Å². The van der Waals surface area contributed by atoms with Gasteiger partial charge in [0, 0.05) is 14.1 Å². The molecule has 1 fully saturated rings. The lowest BCUT2D eigenvalue weighted by Crippen LogP contribution is -2.61. The molecule has 0 spiro atoms. The Morgan fingerprint density at radius 3 is 1.53 bits per heavy atom. The van der Waals surface area contributed by atoms with Crippen LogP contribution in [0, 0.1) is 5.41 Å². The molecule has 0 aliphatic carbocycles. The predicted octanol–water partition coefficient (Wildman–Crippen LogP) is 2.61. The summed E-state index contributed by atoms with van der Waals surface area (Å²) in [6, 6.07) is 0. The van der Waals surface area contributed by atoms with Gasteiger partial charge < -0.3 is 9.80 Å². The molecule has 0 aromatic heterocycles. The molecular weight excluding hydrogens is 244 g/mol. The summed E-state index contributed by atoms with van der Waals surface area (Å²) in [5.41, 5.74) is -0.170. The topological polar surface area (TPSA) is 6.48 Å². The highest BCUT2D eigenvalue weighted by molar-refractivity contribution is 7.83. The molecule has 2 nitrogen and oxygen atoms in total. The lowest BCUT2D eigenvalue weighted by Gasteiger charge is -2.47. The van der Waals surface area contributed by atoms with Gasteiger partial charge in [0.1, 0.15) is 0 Å². The van der Waals surface area contributed by atoms with E-state index in [1.54, 1.807) is 0 Å². The van der Waals surface area contributed by atoms with Crippen LogP contribution in [0.4, 0.5) is 0 Å². The minimum absolute atomic E-state index is 0.170. The van der Waals surface area contributed by atoms with Gasteiger partial charge in [-0.05, 0) is 25.1 Å². The highest BCUT2D eigenvalue weighted by Crippen LogP contribution is 2.36. The minimum atomic E-state index is -0.170. The molecule has 1 saturated heterocycles. The lowest BCUT2D eigenvalue weighted by molar-refractivity contribution is 0.428. The van der Waals surface area contributed by atoms with Gasteiger partial charge in [-0.25, -0.2) is 0 Å². The first-order chi connectivity index (χ1) is 6.92. The van der Waals surface area contributed by atoms with Crippen molar-refractivity contribution in [3.8, 4) is 0 Å².